The lowest BCUT2D eigenvalue weighted by Gasteiger charge is -2.28. The van der Waals surface area contributed by atoms with Gasteiger partial charge in [0.1, 0.15) is 0 Å². The smallest absolute Gasteiger partial charge is 0.0210 e. The van der Waals surface area contributed by atoms with Crippen LogP contribution in [-0.4, -0.2) is 6.04 Å². The lowest BCUT2D eigenvalue weighted by molar-refractivity contribution is 0.280. The van der Waals surface area contributed by atoms with Crippen LogP contribution < -0.4 is 5.32 Å². The third kappa shape index (κ3) is 3.58. The van der Waals surface area contributed by atoms with Crippen molar-refractivity contribution < 1.29 is 0 Å². The van der Waals surface area contributed by atoms with E-state index in [2.05, 4.69) is 44.3 Å². The SMILES string of the molecule is Cc1ccc(CNC(C)C2CCCCC2)c(C)c1. The van der Waals surface area contributed by atoms with E-state index in [-0.39, 0.29) is 0 Å². The van der Waals surface area contributed by atoms with Gasteiger partial charge in [-0.05, 0) is 50.7 Å². The summed E-state index contributed by atoms with van der Waals surface area (Å²) in [6, 6.07) is 7.43. The molecular weight excluding hydrogens is 218 g/mol. The highest BCUT2D eigenvalue weighted by molar-refractivity contribution is 5.30. The van der Waals surface area contributed by atoms with E-state index in [1.807, 2.05) is 0 Å². The molecule has 1 aromatic carbocycles. The zero-order chi connectivity index (χ0) is 13.0. The number of hydrogen-bond donors (Lipinski definition) is 1. The molecule has 0 radical (unpaired) electrons. The highest BCUT2D eigenvalue weighted by Crippen LogP contribution is 2.26. The van der Waals surface area contributed by atoms with Crippen molar-refractivity contribution in [3.05, 3.63) is 34.9 Å². The van der Waals surface area contributed by atoms with E-state index in [9.17, 15) is 0 Å². The maximum atomic E-state index is 3.73. The minimum atomic E-state index is 0.658. The highest BCUT2D eigenvalue weighted by atomic mass is 14.9. The maximum absolute atomic E-state index is 3.73. The van der Waals surface area contributed by atoms with Gasteiger partial charge in [0, 0.05) is 12.6 Å². The van der Waals surface area contributed by atoms with E-state index in [1.54, 1.807) is 0 Å². The Morgan fingerprint density at radius 2 is 1.89 bits per heavy atom. The van der Waals surface area contributed by atoms with Crippen molar-refractivity contribution in [1.29, 1.82) is 0 Å². The first-order chi connectivity index (χ1) is 8.66. The zero-order valence-corrected chi connectivity index (χ0v) is 12.1. The summed E-state index contributed by atoms with van der Waals surface area (Å²) in [5, 5.41) is 3.73. The molecule has 1 heteroatoms. The van der Waals surface area contributed by atoms with Crippen molar-refractivity contribution in [2.75, 3.05) is 0 Å². The van der Waals surface area contributed by atoms with Crippen LogP contribution in [-0.2, 0) is 6.54 Å². The molecule has 100 valence electrons. The fourth-order valence-corrected chi connectivity index (χ4v) is 3.12. The molecule has 0 spiro atoms. The van der Waals surface area contributed by atoms with Crippen LogP contribution in [0, 0.1) is 19.8 Å². The molecule has 1 aliphatic carbocycles. The number of rotatable bonds is 4. The molecule has 1 aromatic rings. The van der Waals surface area contributed by atoms with Crippen molar-refractivity contribution in [1.82, 2.24) is 5.32 Å². The molecule has 0 heterocycles. The monoisotopic (exact) mass is 245 g/mol. The van der Waals surface area contributed by atoms with Gasteiger partial charge in [-0.2, -0.15) is 0 Å². The van der Waals surface area contributed by atoms with E-state index >= 15 is 0 Å². The minimum Gasteiger partial charge on any atom is -0.310 e. The summed E-state index contributed by atoms with van der Waals surface area (Å²) in [7, 11) is 0. The Morgan fingerprint density at radius 1 is 1.17 bits per heavy atom. The third-order valence-corrected chi connectivity index (χ3v) is 4.47. The molecule has 1 saturated carbocycles. The van der Waals surface area contributed by atoms with Gasteiger partial charge in [0.05, 0.1) is 0 Å². The van der Waals surface area contributed by atoms with E-state index in [4.69, 9.17) is 0 Å². The van der Waals surface area contributed by atoms with Gasteiger partial charge in [0.25, 0.3) is 0 Å². The highest BCUT2D eigenvalue weighted by Gasteiger charge is 2.19. The second-order valence-electron chi connectivity index (χ2n) is 6.00. The lowest BCUT2D eigenvalue weighted by Crippen LogP contribution is -2.34. The maximum Gasteiger partial charge on any atom is 0.0210 e. The van der Waals surface area contributed by atoms with Crippen LogP contribution in [0.1, 0.15) is 55.7 Å². The first kappa shape index (κ1) is 13.6. The van der Waals surface area contributed by atoms with Gasteiger partial charge in [0.2, 0.25) is 0 Å². The molecule has 0 saturated heterocycles. The van der Waals surface area contributed by atoms with Crippen LogP contribution in [0.3, 0.4) is 0 Å². The van der Waals surface area contributed by atoms with Crippen LogP contribution in [0.25, 0.3) is 0 Å². The summed E-state index contributed by atoms with van der Waals surface area (Å²) in [6.45, 7) is 7.76. The summed E-state index contributed by atoms with van der Waals surface area (Å²) in [5.74, 6) is 0.893. The van der Waals surface area contributed by atoms with Gasteiger partial charge in [-0.3, -0.25) is 0 Å². The average molecular weight is 245 g/mol. The van der Waals surface area contributed by atoms with Gasteiger partial charge >= 0.3 is 0 Å². The Hall–Kier alpha value is -0.820. The van der Waals surface area contributed by atoms with E-state index in [0.717, 1.165) is 12.5 Å². The van der Waals surface area contributed by atoms with Gasteiger partial charge in [-0.25, -0.2) is 0 Å². The van der Waals surface area contributed by atoms with Crippen molar-refractivity contribution in [2.45, 2.75) is 65.5 Å². The quantitative estimate of drug-likeness (QED) is 0.831. The van der Waals surface area contributed by atoms with Crippen molar-refractivity contribution in [3.8, 4) is 0 Å². The van der Waals surface area contributed by atoms with Gasteiger partial charge in [0.15, 0.2) is 0 Å². The number of aryl methyl sites for hydroxylation is 2. The minimum absolute atomic E-state index is 0.658. The molecule has 0 aromatic heterocycles. The fourth-order valence-electron chi connectivity index (χ4n) is 3.12. The summed E-state index contributed by atoms with van der Waals surface area (Å²) in [6.07, 6.45) is 7.14. The molecule has 1 fully saturated rings. The summed E-state index contributed by atoms with van der Waals surface area (Å²) in [5.41, 5.74) is 4.22. The van der Waals surface area contributed by atoms with Crippen LogP contribution >= 0.6 is 0 Å². The van der Waals surface area contributed by atoms with Crippen molar-refractivity contribution in [2.24, 2.45) is 5.92 Å². The molecule has 1 nitrogen and oxygen atoms in total. The van der Waals surface area contributed by atoms with Crippen LogP contribution in [0.5, 0.6) is 0 Å². The van der Waals surface area contributed by atoms with E-state index in [0.29, 0.717) is 6.04 Å². The Labute approximate surface area is 112 Å². The molecule has 1 aliphatic rings. The molecule has 1 N–H and O–H groups in total. The molecule has 1 unspecified atom stereocenters. The number of nitrogens with one attached hydrogen (secondary N) is 1. The summed E-state index contributed by atoms with van der Waals surface area (Å²) in [4.78, 5) is 0. The number of hydrogen-bond acceptors (Lipinski definition) is 1. The molecule has 2 rings (SSSR count). The van der Waals surface area contributed by atoms with Crippen LogP contribution in [0.15, 0.2) is 18.2 Å². The predicted molar refractivity (Wildman–Crippen MR) is 78.8 cm³/mol. The zero-order valence-electron chi connectivity index (χ0n) is 12.1. The van der Waals surface area contributed by atoms with Gasteiger partial charge in [-0.15, -0.1) is 0 Å². The Morgan fingerprint density at radius 3 is 2.56 bits per heavy atom. The van der Waals surface area contributed by atoms with Gasteiger partial charge in [-0.1, -0.05) is 43.0 Å². The summed E-state index contributed by atoms with van der Waals surface area (Å²) < 4.78 is 0. The standard InChI is InChI=1S/C17H27N/c1-13-9-10-17(14(2)11-13)12-18-15(3)16-7-5-4-6-8-16/h9-11,15-16,18H,4-8,12H2,1-3H3. The van der Waals surface area contributed by atoms with E-state index in [1.165, 1.54) is 48.8 Å². The molecule has 0 aliphatic heterocycles. The average Bonchev–Trinajstić information content (AvgIpc) is 2.38. The second-order valence-corrected chi connectivity index (χ2v) is 6.00. The second kappa shape index (κ2) is 6.38. The van der Waals surface area contributed by atoms with Crippen LogP contribution in [0.2, 0.25) is 0 Å². The van der Waals surface area contributed by atoms with Crippen LogP contribution in [0.4, 0.5) is 0 Å². The van der Waals surface area contributed by atoms with Crippen molar-refractivity contribution in [3.63, 3.8) is 0 Å². The molecule has 18 heavy (non-hydrogen) atoms. The van der Waals surface area contributed by atoms with E-state index < -0.39 is 0 Å². The predicted octanol–water partition coefficient (Wildman–Crippen LogP) is 4.36. The third-order valence-electron chi connectivity index (χ3n) is 4.47. The number of benzene rings is 1. The Balaban J connectivity index is 1.86. The molecular formula is C17H27N. The normalized spacial score (nSPS) is 18.8. The summed E-state index contributed by atoms with van der Waals surface area (Å²) >= 11 is 0. The Bertz CT molecular complexity index is 377. The molecule has 0 bridgehead atoms. The first-order valence-electron chi connectivity index (χ1n) is 7.46. The Kier molecular flexibility index (Phi) is 4.82. The van der Waals surface area contributed by atoms with Gasteiger partial charge < -0.3 is 5.32 Å². The fraction of sp³-hybridized carbons (Fsp3) is 0.647. The molecule has 1 atom stereocenters. The van der Waals surface area contributed by atoms with Crippen molar-refractivity contribution >= 4 is 0 Å². The lowest BCUT2D eigenvalue weighted by atomic mass is 9.84. The largest absolute Gasteiger partial charge is 0.310 e. The topological polar surface area (TPSA) is 12.0 Å². The first-order valence-corrected chi connectivity index (χ1v) is 7.46. The molecule has 0 amide bonds.